The second-order valence-corrected chi connectivity index (χ2v) is 2.61. The fourth-order valence-corrected chi connectivity index (χ4v) is 1.06. The van der Waals surface area contributed by atoms with Crippen LogP contribution >= 0.6 is 0 Å². The number of anilines is 1. The molecule has 0 aromatic heterocycles. The van der Waals surface area contributed by atoms with Crippen molar-refractivity contribution in [2.75, 3.05) is 18.5 Å². The Hall–Kier alpha value is -1.55. The highest BCUT2D eigenvalue weighted by atomic mass is 16.3. The Morgan fingerprint density at radius 2 is 2.15 bits per heavy atom. The lowest BCUT2D eigenvalue weighted by Gasteiger charge is -2.08. The highest BCUT2D eigenvalue weighted by Gasteiger charge is 2.02. The van der Waals surface area contributed by atoms with E-state index in [1.54, 1.807) is 6.07 Å². The van der Waals surface area contributed by atoms with Gasteiger partial charge in [0.1, 0.15) is 5.84 Å². The summed E-state index contributed by atoms with van der Waals surface area (Å²) >= 11 is 0. The van der Waals surface area contributed by atoms with Gasteiger partial charge in [0.15, 0.2) is 0 Å². The van der Waals surface area contributed by atoms with Crippen molar-refractivity contribution in [3.05, 3.63) is 29.8 Å². The quantitative estimate of drug-likeness (QED) is 0.398. The van der Waals surface area contributed by atoms with Gasteiger partial charge in [-0.2, -0.15) is 0 Å². The molecule has 1 aromatic rings. The molecule has 0 radical (unpaired) electrons. The molecule has 0 saturated carbocycles. The molecule has 4 heteroatoms. The van der Waals surface area contributed by atoms with Gasteiger partial charge in [0.05, 0.1) is 6.61 Å². The number of nitrogens with two attached hydrogens (primary N) is 1. The van der Waals surface area contributed by atoms with Crippen molar-refractivity contribution in [2.24, 2.45) is 5.73 Å². The number of hydrogen-bond donors (Lipinski definition) is 4. The van der Waals surface area contributed by atoms with E-state index in [4.69, 9.17) is 16.2 Å². The summed E-state index contributed by atoms with van der Waals surface area (Å²) in [5.74, 6) is 0.0287. The zero-order chi connectivity index (χ0) is 9.68. The van der Waals surface area contributed by atoms with Gasteiger partial charge in [-0.3, -0.25) is 5.41 Å². The Bertz CT molecular complexity index is 299. The summed E-state index contributed by atoms with van der Waals surface area (Å²) in [4.78, 5) is 0. The molecule has 5 N–H and O–H groups in total. The Morgan fingerprint density at radius 3 is 2.77 bits per heavy atom. The van der Waals surface area contributed by atoms with Gasteiger partial charge >= 0.3 is 0 Å². The second-order valence-electron chi connectivity index (χ2n) is 2.61. The van der Waals surface area contributed by atoms with Crippen LogP contribution in [0.5, 0.6) is 0 Å². The zero-order valence-electron chi connectivity index (χ0n) is 7.25. The molecule has 13 heavy (non-hydrogen) atoms. The van der Waals surface area contributed by atoms with Crippen LogP contribution in [-0.2, 0) is 0 Å². The molecule has 0 spiro atoms. The molecule has 70 valence electrons. The number of hydrogen-bond acceptors (Lipinski definition) is 3. The molecule has 0 unspecified atom stereocenters. The number of aliphatic hydroxyl groups is 1. The number of nitrogens with one attached hydrogen (secondary N) is 2. The topological polar surface area (TPSA) is 82.1 Å². The van der Waals surface area contributed by atoms with Gasteiger partial charge in [0.25, 0.3) is 0 Å². The first-order valence-electron chi connectivity index (χ1n) is 4.04. The van der Waals surface area contributed by atoms with Gasteiger partial charge in [0, 0.05) is 17.8 Å². The maximum Gasteiger partial charge on any atom is 0.124 e. The lowest BCUT2D eigenvalue weighted by molar-refractivity contribution is 0.311. The Morgan fingerprint density at radius 1 is 1.46 bits per heavy atom. The van der Waals surface area contributed by atoms with Crippen molar-refractivity contribution in [2.45, 2.75) is 0 Å². The van der Waals surface area contributed by atoms with Crippen LogP contribution in [0.1, 0.15) is 5.56 Å². The molecular formula is C9H13N3O. The van der Waals surface area contributed by atoms with Crippen molar-refractivity contribution in [3.8, 4) is 0 Å². The summed E-state index contributed by atoms with van der Waals surface area (Å²) in [6.45, 7) is 0.524. The molecule has 0 fully saturated rings. The van der Waals surface area contributed by atoms with Crippen LogP contribution in [0.3, 0.4) is 0 Å². The third-order valence-electron chi connectivity index (χ3n) is 1.64. The predicted molar refractivity (Wildman–Crippen MR) is 53.0 cm³/mol. The van der Waals surface area contributed by atoms with E-state index in [-0.39, 0.29) is 12.4 Å². The normalized spacial score (nSPS) is 9.62. The summed E-state index contributed by atoms with van der Waals surface area (Å²) in [6.07, 6.45) is 0. The lowest BCUT2D eigenvalue weighted by atomic mass is 10.1. The number of rotatable bonds is 4. The van der Waals surface area contributed by atoms with Gasteiger partial charge in [-0.05, 0) is 12.1 Å². The van der Waals surface area contributed by atoms with Gasteiger partial charge in [0.2, 0.25) is 0 Å². The van der Waals surface area contributed by atoms with E-state index in [1.807, 2.05) is 18.2 Å². The molecule has 4 nitrogen and oxygen atoms in total. The SMILES string of the molecule is N=C(N)c1ccccc1NCCO. The minimum absolute atomic E-state index is 0.0287. The second kappa shape index (κ2) is 4.47. The van der Waals surface area contributed by atoms with Crippen LogP contribution < -0.4 is 11.1 Å². The lowest BCUT2D eigenvalue weighted by Crippen LogP contribution is -2.15. The van der Waals surface area contributed by atoms with Crippen LogP contribution in [0, 0.1) is 5.41 Å². The Labute approximate surface area is 76.9 Å². The molecule has 0 atom stereocenters. The van der Waals surface area contributed by atoms with Crippen LogP contribution in [0.15, 0.2) is 24.3 Å². The van der Waals surface area contributed by atoms with E-state index in [0.717, 1.165) is 5.69 Å². The Balaban J connectivity index is 2.84. The maximum absolute atomic E-state index is 8.61. The molecule has 0 amide bonds. The standard InChI is InChI=1S/C9H13N3O/c10-9(11)7-3-1-2-4-8(7)12-5-6-13/h1-4,12-13H,5-6H2,(H3,10,11). The largest absolute Gasteiger partial charge is 0.395 e. The summed E-state index contributed by atoms with van der Waals surface area (Å²) in [7, 11) is 0. The van der Waals surface area contributed by atoms with E-state index in [1.165, 1.54) is 0 Å². The number of nitrogen functional groups attached to an aromatic ring is 1. The molecule has 0 heterocycles. The molecule has 0 bridgehead atoms. The molecule has 0 aliphatic heterocycles. The molecule has 0 aliphatic carbocycles. The average Bonchev–Trinajstić information content (AvgIpc) is 2.15. The van der Waals surface area contributed by atoms with Crippen molar-refractivity contribution in [1.82, 2.24) is 0 Å². The third kappa shape index (κ3) is 2.45. The van der Waals surface area contributed by atoms with E-state index >= 15 is 0 Å². The monoisotopic (exact) mass is 179 g/mol. The number of amidine groups is 1. The fourth-order valence-electron chi connectivity index (χ4n) is 1.06. The van der Waals surface area contributed by atoms with E-state index in [9.17, 15) is 0 Å². The van der Waals surface area contributed by atoms with Crippen molar-refractivity contribution in [1.29, 1.82) is 5.41 Å². The molecule has 1 rings (SSSR count). The highest BCUT2D eigenvalue weighted by molar-refractivity contribution is 6.00. The first-order valence-corrected chi connectivity index (χ1v) is 4.04. The number of para-hydroxylation sites is 1. The van der Waals surface area contributed by atoms with E-state index < -0.39 is 0 Å². The minimum Gasteiger partial charge on any atom is -0.395 e. The van der Waals surface area contributed by atoms with Crippen molar-refractivity contribution < 1.29 is 5.11 Å². The summed E-state index contributed by atoms with van der Waals surface area (Å²) in [5.41, 5.74) is 6.81. The van der Waals surface area contributed by atoms with E-state index in [0.29, 0.717) is 12.1 Å². The minimum atomic E-state index is 0.0287. The number of aliphatic hydroxyl groups excluding tert-OH is 1. The molecular weight excluding hydrogens is 166 g/mol. The van der Waals surface area contributed by atoms with Gasteiger partial charge < -0.3 is 16.2 Å². The van der Waals surface area contributed by atoms with E-state index in [2.05, 4.69) is 5.32 Å². The number of benzene rings is 1. The maximum atomic E-state index is 8.61. The van der Waals surface area contributed by atoms with Crippen LogP contribution in [-0.4, -0.2) is 24.1 Å². The average molecular weight is 179 g/mol. The molecule has 1 aromatic carbocycles. The molecule has 0 saturated heterocycles. The highest BCUT2D eigenvalue weighted by Crippen LogP contribution is 2.13. The predicted octanol–water partition coefficient (Wildman–Crippen LogP) is 0.375. The van der Waals surface area contributed by atoms with Crippen LogP contribution in [0.4, 0.5) is 5.69 Å². The molecule has 0 aliphatic rings. The summed E-state index contributed by atoms with van der Waals surface area (Å²) in [6, 6.07) is 7.27. The van der Waals surface area contributed by atoms with Crippen LogP contribution in [0.25, 0.3) is 0 Å². The smallest absolute Gasteiger partial charge is 0.124 e. The van der Waals surface area contributed by atoms with Crippen LogP contribution in [0.2, 0.25) is 0 Å². The van der Waals surface area contributed by atoms with Crippen molar-refractivity contribution in [3.63, 3.8) is 0 Å². The van der Waals surface area contributed by atoms with Gasteiger partial charge in [-0.25, -0.2) is 0 Å². The summed E-state index contributed by atoms with van der Waals surface area (Å²) < 4.78 is 0. The van der Waals surface area contributed by atoms with Gasteiger partial charge in [-0.1, -0.05) is 12.1 Å². The third-order valence-corrected chi connectivity index (χ3v) is 1.64. The fraction of sp³-hybridized carbons (Fsp3) is 0.222. The summed E-state index contributed by atoms with van der Waals surface area (Å²) in [5, 5.41) is 18.9. The zero-order valence-corrected chi connectivity index (χ0v) is 7.25. The first kappa shape index (κ1) is 9.54. The van der Waals surface area contributed by atoms with Gasteiger partial charge in [-0.15, -0.1) is 0 Å². The first-order chi connectivity index (χ1) is 6.25. The Kier molecular flexibility index (Phi) is 3.28. The van der Waals surface area contributed by atoms with Crippen molar-refractivity contribution >= 4 is 11.5 Å².